The first-order valence-electron chi connectivity index (χ1n) is 5.84. The van der Waals surface area contributed by atoms with Crippen LogP contribution in [-0.4, -0.2) is 34.6 Å². The van der Waals surface area contributed by atoms with Crippen LogP contribution < -0.4 is 10.7 Å². The highest BCUT2D eigenvalue weighted by atomic mass is 16.4. The van der Waals surface area contributed by atoms with E-state index >= 15 is 0 Å². The summed E-state index contributed by atoms with van der Waals surface area (Å²) in [5.41, 5.74) is 2.36. The Morgan fingerprint density at radius 2 is 2.17 bits per heavy atom. The number of hydrogen-bond acceptors (Lipinski definition) is 4. The summed E-state index contributed by atoms with van der Waals surface area (Å²) in [5, 5.41) is 15.1. The Bertz CT molecular complexity index is 392. The van der Waals surface area contributed by atoms with E-state index in [1.165, 1.54) is 0 Å². The number of carboxylic acid groups (broad SMARTS) is 1. The van der Waals surface area contributed by atoms with Gasteiger partial charge in [-0.15, -0.1) is 0 Å². The Morgan fingerprint density at radius 3 is 2.61 bits per heavy atom. The van der Waals surface area contributed by atoms with Gasteiger partial charge in [0.2, 0.25) is 5.91 Å². The molecule has 0 aromatic carbocycles. The van der Waals surface area contributed by atoms with Gasteiger partial charge in [-0.2, -0.15) is 5.10 Å². The average molecular weight is 255 g/mol. The summed E-state index contributed by atoms with van der Waals surface area (Å²) in [6.07, 6.45) is 1.05. The highest BCUT2D eigenvalue weighted by Crippen LogP contribution is 2.09. The van der Waals surface area contributed by atoms with Crippen LogP contribution in [0.4, 0.5) is 0 Å². The van der Waals surface area contributed by atoms with E-state index in [0.717, 1.165) is 0 Å². The molecule has 0 spiro atoms. The van der Waals surface area contributed by atoms with Crippen molar-refractivity contribution in [2.24, 2.45) is 11.0 Å². The number of rotatable bonds is 5. The highest BCUT2D eigenvalue weighted by molar-refractivity contribution is 6.39. The maximum absolute atomic E-state index is 11.8. The molecule has 18 heavy (non-hydrogen) atoms. The minimum atomic E-state index is -1.07. The van der Waals surface area contributed by atoms with Crippen LogP contribution in [0.2, 0.25) is 0 Å². The molecule has 7 heteroatoms. The number of nitrogens with zero attached hydrogens (tertiary/aromatic N) is 1. The summed E-state index contributed by atoms with van der Waals surface area (Å²) in [6.45, 7) is 3.61. The second-order valence-corrected chi connectivity index (χ2v) is 4.27. The molecule has 0 aliphatic carbocycles. The van der Waals surface area contributed by atoms with Crippen molar-refractivity contribution in [2.45, 2.75) is 39.2 Å². The van der Waals surface area contributed by atoms with Gasteiger partial charge in [-0.25, -0.2) is 10.2 Å². The molecule has 0 aromatic rings. The van der Waals surface area contributed by atoms with Gasteiger partial charge < -0.3 is 10.4 Å². The fourth-order valence-corrected chi connectivity index (χ4v) is 1.55. The third-order valence-electron chi connectivity index (χ3n) is 2.93. The number of carbonyl (C=O) groups excluding carboxylic acids is 2. The molecule has 0 aromatic heterocycles. The molecule has 1 rings (SSSR count). The molecule has 7 nitrogen and oxygen atoms in total. The summed E-state index contributed by atoms with van der Waals surface area (Å²) < 4.78 is 0. The first-order valence-corrected chi connectivity index (χ1v) is 5.84. The van der Waals surface area contributed by atoms with Gasteiger partial charge in [0, 0.05) is 12.8 Å². The van der Waals surface area contributed by atoms with Crippen LogP contribution in [0, 0.1) is 5.92 Å². The minimum Gasteiger partial charge on any atom is -0.480 e. The average Bonchev–Trinajstić information content (AvgIpc) is 2.35. The predicted molar refractivity (Wildman–Crippen MR) is 63.8 cm³/mol. The number of hydrazone groups is 1. The van der Waals surface area contributed by atoms with Gasteiger partial charge in [-0.3, -0.25) is 9.59 Å². The molecule has 1 aliphatic heterocycles. The van der Waals surface area contributed by atoms with Crippen LogP contribution in [-0.2, 0) is 14.4 Å². The van der Waals surface area contributed by atoms with Crippen molar-refractivity contribution >= 4 is 23.5 Å². The lowest BCUT2D eigenvalue weighted by Crippen LogP contribution is -2.48. The van der Waals surface area contributed by atoms with Crippen molar-refractivity contribution in [1.82, 2.24) is 10.7 Å². The van der Waals surface area contributed by atoms with Crippen LogP contribution in [0.15, 0.2) is 5.10 Å². The molecule has 0 bridgehead atoms. The number of carboxylic acids is 1. The van der Waals surface area contributed by atoms with Crippen LogP contribution in [0.3, 0.4) is 0 Å². The van der Waals surface area contributed by atoms with Gasteiger partial charge in [0.15, 0.2) is 0 Å². The zero-order valence-corrected chi connectivity index (χ0v) is 10.4. The first kappa shape index (κ1) is 14.1. The summed E-state index contributed by atoms with van der Waals surface area (Å²) in [6, 6.07) is -0.942. The molecule has 2 atom stereocenters. The number of nitrogens with one attached hydrogen (secondary N) is 2. The van der Waals surface area contributed by atoms with E-state index in [0.29, 0.717) is 6.42 Å². The highest BCUT2D eigenvalue weighted by Gasteiger charge is 2.28. The van der Waals surface area contributed by atoms with E-state index < -0.39 is 17.9 Å². The molecule has 0 radical (unpaired) electrons. The summed E-state index contributed by atoms with van der Waals surface area (Å²) in [4.78, 5) is 33.7. The molecule has 2 unspecified atom stereocenters. The van der Waals surface area contributed by atoms with E-state index in [4.69, 9.17) is 5.11 Å². The molecule has 2 amide bonds. The lowest BCUT2D eigenvalue weighted by molar-refractivity contribution is -0.142. The van der Waals surface area contributed by atoms with Crippen molar-refractivity contribution in [3.63, 3.8) is 0 Å². The van der Waals surface area contributed by atoms with Gasteiger partial charge in [0.1, 0.15) is 11.8 Å². The van der Waals surface area contributed by atoms with Gasteiger partial charge in [0.25, 0.3) is 5.91 Å². The van der Waals surface area contributed by atoms with E-state index in [-0.39, 0.29) is 30.4 Å². The lowest BCUT2D eigenvalue weighted by Gasteiger charge is -2.21. The van der Waals surface area contributed by atoms with Gasteiger partial charge >= 0.3 is 5.97 Å². The fraction of sp³-hybridized carbons (Fsp3) is 0.636. The Morgan fingerprint density at radius 1 is 1.50 bits per heavy atom. The quantitative estimate of drug-likeness (QED) is 0.635. The standard InChI is InChI=1S/C11H17N3O4/c1-3-6(2)9(11(17)18)12-10(16)7-4-5-8(15)14-13-7/h6,9H,3-5H2,1-2H3,(H,12,16)(H,14,15)(H,17,18). The largest absolute Gasteiger partial charge is 0.480 e. The van der Waals surface area contributed by atoms with Crippen LogP contribution in [0.25, 0.3) is 0 Å². The monoisotopic (exact) mass is 255 g/mol. The molecule has 0 saturated carbocycles. The predicted octanol–water partition coefficient (Wildman–Crippen LogP) is -0.132. The zero-order valence-electron chi connectivity index (χ0n) is 10.4. The minimum absolute atomic E-state index is 0.157. The van der Waals surface area contributed by atoms with Crippen molar-refractivity contribution in [3.8, 4) is 0 Å². The maximum Gasteiger partial charge on any atom is 0.326 e. The normalized spacial score (nSPS) is 18.3. The Labute approximate surface area is 105 Å². The molecule has 1 heterocycles. The van der Waals surface area contributed by atoms with Crippen molar-refractivity contribution < 1.29 is 19.5 Å². The van der Waals surface area contributed by atoms with E-state index in [1.807, 2.05) is 6.92 Å². The fourth-order valence-electron chi connectivity index (χ4n) is 1.55. The van der Waals surface area contributed by atoms with Gasteiger partial charge in [-0.05, 0) is 5.92 Å². The number of hydrogen-bond donors (Lipinski definition) is 3. The van der Waals surface area contributed by atoms with Crippen molar-refractivity contribution in [3.05, 3.63) is 0 Å². The van der Waals surface area contributed by atoms with Crippen LogP contribution in [0.1, 0.15) is 33.1 Å². The molecule has 1 aliphatic rings. The van der Waals surface area contributed by atoms with E-state index in [2.05, 4.69) is 15.8 Å². The van der Waals surface area contributed by atoms with Gasteiger partial charge in [0.05, 0.1) is 0 Å². The zero-order chi connectivity index (χ0) is 13.7. The lowest BCUT2D eigenvalue weighted by atomic mass is 9.99. The second kappa shape index (κ2) is 6.13. The second-order valence-electron chi connectivity index (χ2n) is 4.27. The van der Waals surface area contributed by atoms with E-state index in [9.17, 15) is 14.4 Å². The smallest absolute Gasteiger partial charge is 0.326 e. The third kappa shape index (κ3) is 3.54. The third-order valence-corrected chi connectivity index (χ3v) is 2.93. The molecule has 0 saturated heterocycles. The number of amides is 2. The van der Waals surface area contributed by atoms with Gasteiger partial charge in [-0.1, -0.05) is 20.3 Å². The van der Waals surface area contributed by atoms with Crippen molar-refractivity contribution in [2.75, 3.05) is 0 Å². The Balaban J connectivity index is 2.67. The maximum atomic E-state index is 11.8. The molecular weight excluding hydrogens is 238 g/mol. The topological polar surface area (TPSA) is 108 Å². The molecule has 100 valence electrons. The van der Waals surface area contributed by atoms with E-state index in [1.54, 1.807) is 6.92 Å². The Hall–Kier alpha value is -1.92. The Kier molecular flexibility index (Phi) is 4.82. The number of carbonyl (C=O) groups is 3. The summed E-state index contributed by atoms with van der Waals surface area (Å²) in [7, 11) is 0. The molecule has 3 N–H and O–H groups in total. The summed E-state index contributed by atoms with van der Waals surface area (Å²) in [5.74, 6) is -2.03. The summed E-state index contributed by atoms with van der Waals surface area (Å²) >= 11 is 0. The van der Waals surface area contributed by atoms with Crippen molar-refractivity contribution in [1.29, 1.82) is 0 Å². The SMILES string of the molecule is CCC(C)C(NC(=O)C1=NNC(=O)CC1)C(=O)O. The molecule has 0 fully saturated rings. The van der Waals surface area contributed by atoms with Crippen LogP contribution >= 0.6 is 0 Å². The van der Waals surface area contributed by atoms with Crippen LogP contribution in [0.5, 0.6) is 0 Å². The molecular formula is C11H17N3O4. The first-order chi connectivity index (χ1) is 8.45. The number of aliphatic carboxylic acids is 1.